The molecular formula is C13H23NO2S. The van der Waals surface area contributed by atoms with Crippen LogP contribution < -0.4 is 5.32 Å². The molecule has 3 nitrogen and oxygen atoms in total. The van der Waals surface area contributed by atoms with Crippen LogP contribution in [0.5, 0.6) is 0 Å². The first kappa shape index (κ1) is 12.0. The predicted molar refractivity (Wildman–Crippen MR) is 68.6 cm³/mol. The lowest BCUT2D eigenvalue weighted by molar-refractivity contribution is 0.0853. The van der Waals surface area contributed by atoms with Gasteiger partial charge in [-0.25, -0.2) is 8.42 Å². The molecule has 0 aromatic heterocycles. The van der Waals surface area contributed by atoms with Gasteiger partial charge in [0.1, 0.15) is 0 Å². The number of hydrogen-bond acceptors (Lipinski definition) is 3. The van der Waals surface area contributed by atoms with Gasteiger partial charge in [-0.3, -0.25) is 0 Å². The molecule has 98 valence electrons. The van der Waals surface area contributed by atoms with Crippen molar-refractivity contribution in [3.8, 4) is 0 Å². The molecule has 1 saturated carbocycles. The van der Waals surface area contributed by atoms with Crippen molar-refractivity contribution in [3.63, 3.8) is 0 Å². The molecule has 3 rings (SSSR count). The van der Waals surface area contributed by atoms with Crippen molar-refractivity contribution in [3.05, 3.63) is 0 Å². The Kier molecular flexibility index (Phi) is 2.98. The van der Waals surface area contributed by atoms with Gasteiger partial charge in [0.05, 0.1) is 11.5 Å². The molecule has 0 bridgehead atoms. The predicted octanol–water partition coefficient (Wildman–Crippen LogP) is 1.59. The third-order valence-corrected chi connectivity index (χ3v) is 7.18. The van der Waals surface area contributed by atoms with Gasteiger partial charge in [0, 0.05) is 0 Å². The zero-order valence-electron chi connectivity index (χ0n) is 10.5. The van der Waals surface area contributed by atoms with Crippen molar-refractivity contribution in [2.75, 3.05) is 24.6 Å². The van der Waals surface area contributed by atoms with Gasteiger partial charge < -0.3 is 5.32 Å². The van der Waals surface area contributed by atoms with E-state index < -0.39 is 9.84 Å². The van der Waals surface area contributed by atoms with Gasteiger partial charge in [-0.15, -0.1) is 0 Å². The maximum atomic E-state index is 11.8. The molecule has 1 spiro atoms. The third-order valence-electron chi connectivity index (χ3n) is 5.34. The molecule has 3 aliphatic rings. The Morgan fingerprint density at radius 2 is 1.88 bits per heavy atom. The summed E-state index contributed by atoms with van der Waals surface area (Å²) in [5, 5.41) is 3.50. The Morgan fingerprint density at radius 1 is 1.12 bits per heavy atom. The number of nitrogens with one attached hydrogen (secondary N) is 1. The highest BCUT2D eigenvalue weighted by atomic mass is 32.2. The summed E-state index contributed by atoms with van der Waals surface area (Å²) in [6.07, 6.45) is 7.36. The van der Waals surface area contributed by atoms with E-state index in [-0.39, 0.29) is 5.41 Å². The fourth-order valence-corrected chi connectivity index (χ4v) is 6.69. The van der Waals surface area contributed by atoms with Crippen LogP contribution in [0.3, 0.4) is 0 Å². The van der Waals surface area contributed by atoms with E-state index in [2.05, 4.69) is 5.32 Å². The van der Waals surface area contributed by atoms with E-state index >= 15 is 0 Å². The molecule has 1 aliphatic carbocycles. The fraction of sp³-hybridized carbons (Fsp3) is 1.00. The molecule has 2 aliphatic heterocycles. The molecule has 0 aromatic rings. The summed E-state index contributed by atoms with van der Waals surface area (Å²) in [6.45, 7) is 2.07. The number of hydrogen-bond donors (Lipinski definition) is 1. The Bertz CT molecular complexity index is 386. The quantitative estimate of drug-likeness (QED) is 0.776. The smallest absolute Gasteiger partial charge is 0.150 e. The topological polar surface area (TPSA) is 46.2 Å². The van der Waals surface area contributed by atoms with Crippen LogP contribution in [0.1, 0.15) is 38.5 Å². The van der Waals surface area contributed by atoms with Crippen LogP contribution in [-0.4, -0.2) is 33.0 Å². The number of piperidine rings is 1. The molecule has 0 radical (unpaired) electrons. The van der Waals surface area contributed by atoms with Gasteiger partial charge in [-0.05, 0) is 43.2 Å². The molecule has 0 aromatic carbocycles. The maximum Gasteiger partial charge on any atom is 0.150 e. The van der Waals surface area contributed by atoms with Crippen LogP contribution in [0.2, 0.25) is 0 Å². The molecular weight excluding hydrogens is 234 g/mol. The molecule has 2 heterocycles. The highest BCUT2D eigenvalue weighted by Crippen LogP contribution is 2.50. The molecule has 4 heteroatoms. The van der Waals surface area contributed by atoms with E-state index in [9.17, 15) is 8.42 Å². The summed E-state index contributed by atoms with van der Waals surface area (Å²) in [5.74, 6) is 2.33. The summed E-state index contributed by atoms with van der Waals surface area (Å²) in [7, 11) is -2.74. The lowest BCUT2D eigenvalue weighted by Crippen LogP contribution is -2.48. The van der Waals surface area contributed by atoms with E-state index in [4.69, 9.17) is 0 Å². The molecule has 2 unspecified atom stereocenters. The Labute approximate surface area is 104 Å². The van der Waals surface area contributed by atoms with Crippen molar-refractivity contribution in [1.82, 2.24) is 5.32 Å². The summed E-state index contributed by atoms with van der Waals surface area (Å²) in [5.41, 5.74) is 0.138. The second kappa shape index (κ2) is 4.23. The highest BCUT2D eigenvalue weighted by molar-refractivity contribution is 7.91. The van der Waals surface area contributed by atoms with Gasteiger partial charge in [0.25, 0.3) is 0 Å². The summed E-state index contributed by atoms with van der Waals surface area (Å²) in [6, 6.07) is 0. The van der Waals surface area contributed by atoms with Gasteiger partial charge in [-0.1, -0.05) is 25.7 Å². The maximum absolute atomic E-state index is 11.8. The summed E-state index contributed by atoms with van der Waals surface area (Å²) < 4.78 is 23.7. The SMILES string of the molecule is O=S1(=O)CCC2(CCNCC2C2CCCC2)C1. The van der Waals surface area contributed by atoms with E-state index in [1.807, 2.05) is 0 Å². The van der Waals surface area contributed by atoms with Crippen LogP contribution >= 0.6 is 0 Å². The fourth-order valence-electron chi connectivity index (χ4n) is 4.45. The first-order valence-corrected chi connectivity index (χ1v) is 8.85. The molecule has 2 saturated heterocycles. The normalized spacial score (nSPS) is 42.2. The minimum absolute atomic E-state index is 0.138. The molecule has 17 heavy (non-hydrogen) atoms. The van der Waals surface area contributed by atoms with Crippen molar-refractivity contribution in [2.24, 2.45) is 17.3 Å². The monoisotopic (exact) mass is 257 g/mol. The molecule has 1 N–H and O–H groups in total. The Morgan fingerprint density at radius 3 is 2.53 bits per heavy atom. The lowest BCUT2D eigenvalue weighted by atomic mass is 9.65. The molecule has 0 amide bonds. The van der Waals surface area contributed by atoms with E-state index in [1.54, 1.807) is 0 Å². The van der Waals surface area contributed by atoms with E-state index in [0.717, 1.165) is 31.8 Å². The highest BCUT2D eigenvalue weighted by Gasteiger charge is 2.50. The third kappa shape index (κ3) is 2.14. The number of rotatable bonds is 1. The van der Waals surface area contributed by atoms with Crippen molar-refractivity contribution in [2.45, 2.75) is 38.5 Å². The lowest BCUT2D eigenvalue weighted by Gasteiger charge is -2.44. The summed E-state index contributed by atoms with van der Waals surface area (Å²) >= 11 is 0. The second-order valence-electron chi connectivity index (χ2n) is 6.31. The van der Waals surface area contributed by atoms with Crippen LogP contribution in [0.25, 0.3) is 0 Å². The van der Waals surface area contributed by atoms with Gasteiger partial charge in [0.15, 0.2) is 9.84 Å². The minimum atomic E-state index is -2.74. The van der Waals surface area contributed by atoms with Crippen LogP contribution in [0.4, 0.5) is 0 Å². The molecule has 3 fully saturated rings. The van der Waals surface area contributed by atoms with Crippen LogP contribution in [-0.2, 0) is 9.84 Å². The Hall–Kier alpha value is -0.0900. The first-order valence-electron chi connectivity index (χ1n) is 7.03. The largest absolute Gasteiger partial charge is 0.316 e. The van der Waals surface area contributed by atoms with E-state index in [1.165, 1.54) is 25.7 Å². The van der Waals surface area contributed by atoms with Gasteiger partial charge in [-0.2, -0.15) is 0 Å². The Balaban J connectivity index is 1.84. The standard InChI is InChI=1S/C13H23NO2S/c15-17(16)8-6-13(10-17)5-7-14-9-12(13)11-3-1-2-4-11/h11-12,14H,1-10H2. The van der Waals surface area contributed by atoms with Crippen molar-refractivity contribution < 1.29 is 8.42 Å². The van der Waals surface area contributed by atoms with Crippen LogP contribution in [0, 0.1) is 17.3 Å². The molecule has 2 atom stereocenters. The van der Waals surface area contributed by atoms with Gasteiger partial charge >= 0.3 is 0 Å². The van der Waals surface area contributed by atoms with E-state index in [0.29, 0.717) is 17.4 Å². The zero-order valence-corrected chi connectivity index (χ0v) is 11.3. The zero-order chi connectivity index (χ0) is 11.9. The van der Waals surface area contributed by atoms with Crippen LogP contribution in [0.15, 0.2) is 0 Å². The first-order chi connectivity index (χ1) is 8.11. The average Bonchev–Trinajstić information content (AvgIpc) is 2.88. The second-order valence-corrected chi connectivity index (χ2v) is 8.49. The average molecular weight is 257 g/mol. The minimum Gasteiger partial charge on any atom is -0.316 e. The number of sulfone groups is 1. The van der Waals surface area contributed by atoms with Crippen molar-refractivity contribution >= 4 is 9.84 Å². The van der Waals surface area contributed by atoms with Gasteiger partial charge in [0.2, 0.25) is 0 Å². The summed E-state index contributed by atoms with van der Waals surface area (Å²) in [4.78, 5) is 0. The van der Waals surface area contributed by atoms with Crippen molar-refractivity contribution in [1.29, 1.82) is 0 Å².